The van der Waals surface area contributed by atoms with Crippen LogP contribution in [0.15, 0.2) is 0 Å². The molecule has 1 unspecified atom stereocenters. The monoisotopic (exact) mass is 139 g/mol. The van der Waals surface area contributed by atoms with Crippen LogP contribution in [0.4, 0.5) is 0 Å². The summed E-state index contributed by atoms with van der Waals surface area (Å²) in [6, 6.07) is 0. The fraction of sp³-hybridized carbons (Fsp3) is 0.500. The third kappa shape index (κ3) is 1.71. The maximum absolute atomic E-state index is 10.1. The fourth-order valence-electron chi connectivity index (χ4n) is 0.0742. The lowest BCUT2D eigenvalue weighted by atomic mass is 10.9. The molecule has 0 aliphatic rings. The van der Waals surface area contributed by atoms with Gasteiger partial charge in [-0.25, -0.2) is 15.1 Å². The van der Waals surface area contributed by atoms with Gasteiger partial charge in [0.15, 0.2) is 0 Å². The van der Waals surface area contributed by atoms with Crippen LogP contribution in [0.5, 0.6) is 0 Å². The highest BCUT2D eigenvalue weighted by molar-refractivity contribution is 7.70. The van der Waals surface area contributed by atoms with Gasteiger partial charge >= 0.3 is 7.60 Å². The van der Waals surface area contributed by atoms with E-state index >= 15 is 0 Å². The number of carbonyl (C=O) groups excluding carboxylic acids is 1. The first-order chi connectivity index (χ1) is 3.50. The predicted molar refractivity (Wildman–Crippen MR) is 25.8 cm³/mol. The molecule has 1 atom stereocenters. The first-order valence-corrected chi connectivity index (χ1v) is 3.31. The van der Waals surface area contributed by atoms with Gasteiger partial charge in [0.2, 0.25) is 5.52 Å². The van der Waals surface area contributed by atoms with Crippen molar-refractivity contribution < 1.29 is 18.9 Å². The van der Waals surface area contributed by atoms with Crippen molar-refractivity contribution in [2.75, 3.05) is 0 Å². The first kappa shape index (κ1) is 7.78. The molecule has 0 aromatic rings. The van der Waals surface area contributed by atoms with Crippen molar-refractivity contribution in [1.29, 1.82) is 0 Å². The molecule has 0 heterocycles. The van der Waals surface area contributed by atoms with Crippen molar-refractivity contribution in [3.63, 3.8) is 0 Å². The maximum atomic E-state index is 10.1. The number of hydrogen-bond donors (Lipinski definition) is 2. The van der Waals surface area contributed by atoms with E-state index in [0.717, 1.165) is 6.92 Å². The lowest BCUT2D eigenvalue weighted by Gasteiger charge is -1.99. The number of hydrogen-bond acceptors (Lipinski definition) is 4. The quantitative estimate of drug-likeness (QED) is 0.401. The van der Waals surface area contributed by atoms with Crippen molar-refractivity contribution in [1.82, 2.24) is 0 Å². The normalized spacial score (nSPS) is 17.4. The lowest BCUT2D eigenvalue weighted by molar-refractivity contribution is -0.111. The molecule has 0 rings (SSSR count). The summed E-state index contributed by atoms with van der Waals surface area (Å²) in [7, 11) is -4.11. The van der Waals surface area contributed by atoms with Crippen LogP contribution in [-0.2, 0) is 14.0 Å². The zero-order valence-electron chi connectivity index (χ0n) is 4.20. The topological polar surface area (TPSA) is 89.6 Å². The molecule has 0 radical (unpaired) electrons. The molecule has 0 bridgehead atoms. The van der Waals surface area contributed by atoms with Crippen molar-refractivity contribution in [3.05, 3.63) is 0 Å². The molecule has 0 aromatic heterocycles. The van der Waals surface area contributed by atoms with Crippen LogP contribution in [0.25, 0.3) is 0 Å². The second-order valence-corrected chi connectivity index (χ2v) is 3.03. The molecule has 48 valence electrons. The fourth-order valence-corrected chi connectivity index (χ4v) is 0.223. The van der Waals surface area contributed by atoms with Gasteiger partial charge in [-0.2, -0.15) is 0 Å². The van der Waals surface area contributed by atoms with Gasteiger partial charge in [-0.05, 0) is 0 Å². The van der Waals surface area contributed by atoms with Crippen LogP contribution in [0, 0.1) is 0 Å². The van der Waals surface area contributed by atoms with Gasteiger partial charge in [0, 0.05) is 6.92 Å². The number of nitrogens with two attached hydrogens (primary N) is 1. The minimum absolute atomic E-state index is 0.924. The van der Waals surface area contributed by atoms with Crippen molar-refractivity contribution in [2.45, 2.75) is 6.92 Å². The van der Waals surface area contributed by atoms with E-state index in [0.29, 0.717) is 0 Å². The highest BCUT2D eigenvalue weighted by Crippen LogP contribution is 2.39. The molecule has 0 spiro atoms. The summed E-state index contributed by atoms with van der Waals surface area (Å²) in [5.74, 6) is 4.27. The van der Waals surface area contributed by atoms with Gasteiger partial charge in [0.05, 0.1) is 0 Å². The van der Waals surface area contributed by atoms with Gasteiger partial charge < -0.3 is 4.89 Å². The lowest BCUT2D eigenvalue weighted by Crippen LogP contribution is -2.02. The molecule has 6 heteroatoms. The summed E-state index contributed by atoms with van der Waals surface area (Å²) in [6.07, 6.45) is 0. The first-order valence-electron chi connectivity index (χ1n) is 1.73. The Bertz CT molecular complexity index is 143. The number of rotatable bonds is 2. The summed E-state index contributed by atoms with van der Waals surface area (Å²) < 4.78 is 13.6. The average Bonchev–Trinajstić information content (AvgIpc) is 1.67. The summed E-state index contributed by atoms with van der Waals surface area (Å²) in [4.78, 5) is 18.2. The van der Waals surface area contributed by atoms with Gasteiger partial charge in [-0.3, -0.25) is 4.79 Å². The third-order valence-electron chi connectivity index (χ3n) is 0.541. The molecule has 0 saturated heterocycles. The van der Waals surface area contributed by atoms with E-state index in [2.05, 4.69) is 10.5 Å². The minimum Gasteiger partial charge on any atom is -0.318 e. The van der Waals surface area contributed by atoms with Gasteiger partial charge in [-0.15, -0.1) is 0 Å². The van der Waals surface area contributed by atoms with Crippen LogP contribution in [-0.4, -0.2) is 10.4 Å². The SMILES string of the molecule is CC(=O)P(=O)(O)ON. The highest BCUT2D eigenvalue weighted by atomic mass is 31.2. The summed E-state index contributed by atoms with van der Waals surface area (Å²) in [5, 5.41) is 0. The van der Waals surface area contributed by atoms with Crippen LogP contribution >= 0.6 is 7.60 Å². The molecular weight excluding hydrogens is 133 g/mol. The van der Waals surface area contributed by atoms with E-state index in [9.17, 15) is 9.36 Å². The molecule has 0 saturated carbocycles. The second kappa shape index (κ2) is 2.37. The van der Waals surface area contributed by atoms with E-state index in [-0.39, 0.29) is 0 Å². The van der Waals surface area contributed by atoms with Crippen molar-refractivity contribution in [2.24, 2.45) is 5.90 Å². The van der Waals surface area contributed by atoms with Crippen molar-refractivity contribution >= 4 is 13.1 Å². The molecule has 3 N–H and O–H groups in total. The highest BCUT2D eigenvalue weighted by Gasteiger charge is 2.24. The minimum atomic E-state index is -4.11. The Kier molecular flexibility index (Phi) is 2.30. The Morgan fingerprint density at radius 1 is 1.88 bits per heavy atom. The Labute approximate surface area is 45.9 Å². The predicted octanol–water partition coefficient (Wildman–Crippen LogP) is -0.391. The molecule has 0 aliphatic heterocycles. The second-order valence-electron chi connectivity index (χ2n) is 1.14. The third-order valence-corrected chi connectivity index (χ3v) is 1.62. The van der Waals surface area contributed by atoms with E-state index in [4.69, 9.17) is 4.89 Å². The molecule has 0 fully saturated rings. The maximum Gasteiger partial charge on any atom is 0.409 e. The van der Waals surface area contributed by atoms with Crippen molar-refractivity contribution in [3.8, 4) is 0 Å². The summed E-state index contributed by atoms with van der Waals surface area (Å²) >= 11 is 0. The van der Waals surface area contributed by atoms with E-state index in [1.807, 2.05) is 0 Å². The average molecular weight is 139 g/mol. The Morgan fingerprint density at radius 2 is 2.25 bits per heavy atom. The number of carbonyl (C=O) groups is 1. The molecule has 8 heavy (non-hydrogen) atoms. The Hall–Kier alpha value is -0.220. The molecule has 0 aliphatic carbocycles. The largest absolute Gasteiger partial charge is 0.409 e. The van der Waals surface area contributed by atoms with Gasteiger partial charge in [0.1, 0.15) is 0 Å². The van der Waals surface area contributed by atoms with Crippen LogP contribution in [0.2, 0.25) is 0 Å². The van der Waals surface area contributed by atoms with Gasteiger partial charge in [-0.1, -0.05) is 0 Å². The molecule has 5 nitrogen and oxygen atoms in total. The van der Waals surface area contributed by atoms with Crippen LogP contribution in [0.3, 0.4) is 0 Å². The van der Waals surface area contributed by atoms with Crippen LogP contribution in [0.1, 0.15) is 6.92 Å². The Balaban J connectivity index is 4.15. The van der Waals surface area contributed by atoms with E-state index in [1.165, 1.54) is 0 Å². The summed E-state index contributed by atoms with van der Waals surface area (Å²) in [6.45, 7) is 0.924. The van der Waals surface area contributed by atoms with E-state index in [1.54, 1.807) is 0 Å². The van der Waals surface area contributed by atoms with Crippen LogP contribution < -0.4 is 5.90 Å². The standard InChI is InChI=1S/C2H6NO4P/c1-2(4)8(5,6)7-3/h3H2,1H3,(H,5,6). The summed E-state index contributed by atoms with van der Waals surface area (Å²) in [5.41, 5.74) is -0.958. The Morgan fingerprint density at radius 3 is 2.25 bits per heavy atom. The van der Waals surface area contributed by atoms with Gasteiger partial charge in [0.25, 0.3) is 0 Å². The zero-order valence-corrected chi connectivity index (χ0v) is 5.09. The molecule has 0 amide bonds. The molecule has 0 aromatic carbocycles. The molecular formula is C2H6NO4P. The zero-order chi connectivity index (χ0) is 6.78. The smallest absolute Gasteiger partial charge is 0.318 e. The van der Waals surface area contributed by atoms with E-state index < -0.39 is 13.1 Å².